The summed E-state index contributed by atoms with van der Waals surface area (Å²) in [5.74, 6) is 0.343. The molecule has 0 saturated carbocycles. The average Bonchev–Trinajstić information content (AvgIpc) is 2.84. The Kier molecular flexibility index (Phi) is 3.94. The third kappa shape index (κ3) is 2.52. The second-order valence-corrected chi connectivity index (χ2v) is 5.56. The van der Waals surface area contributed by atoms with Gasteiger partial charge >= 0.3 is 0 Å². The third-order valence-electron chi connectivity index (χ3n) is 4.25. The van der Waals surface area contributed by atoms with Crippen molar-refractivity contribution in [2.24, 2.45) is 0 Å². The molecule has 1 aromatic rings. The molecule has 2 saturated heterocycles. The molecule has 7 heteroatoms. The molecule has 0 unspecified atom stereocenters. The van der Waals surface area contributed by atoms with Crippen LogP contribution in [0.4, 0.5) is 0 Å². The lowest BCUT2D eigenvalue weighted by molar-refractivity contribution is -0.144. The Balaban J connectivity index is 1.74. The molecule has 0 spiro atoms. The van der Waals surface area contributed by atoms with Crippen molar-refractivity contribution in [1.29, 1.82) is 0 Å². The molecular formula is C16H18N2O5. The van der Waals surface area contributed by atoms with Gasteiger partial charge in [-0.2, -0.15) is 0 Å². The Bertz CT molecular complexity index is 628. The van der Waals surface area contributed by atoms with Gasteiger partial charge in [0, 0.05) is 25.9 Å². The number of methoxy groups -OCH3 is 2. The predicted octanol–water partition coefficient (Wildman–Crippen LogP) is 0.677. The smallest absolute Gasteiger partial charge is 0.261 e. The third-order valence-corrected chi connectivity index (χ3v) is 4.25. The van der Waals surface area contributed by atoms with Gasteiger partial charge in [-0.05, 0) is 12.1 Å². The fourth-order valence-electron chi connectivity index (χ4n) is 3.01. The molecule has 7 nitrogen and oxygen atoms in total. The highest BCUT2D eigenvalue weighted by Crippen LogP contribution is 2.32. The van der Waals surface area contributed by atoms with Crippen molar-refractivity contribution < 1.29 is 23.9 Å². The highest BCUT2D eigenvalue weighted by atomic mass is 16.5. The van der Waals surface area contributed by atoms with Gasteiger partial charge in [0.05, 0.1) is 20.3 Å². The van der Waals surface area contributed by atoms with Crippen LogP contribution in [0.25, 0.3) is 0 Å². The second-order valence-electron chi connectivity index (χ2n) is 5.56. The number of ether oxygens (including phenoxy) is 2. The van der Waals surface area contributed by atoms with Gasteiger partial charge in [0.15, 0.2) is 0 Å². The number of rotatable bonds is 4. The zero-order chi connectivity index (χ0) is 16.6. The highest BCUT2D eigenvalue weighted by Gasteiger charge is 2.43. The number of hydrogen-bond donors (Lipinski definition) is 0. The van der Waals surface area contributed by atoms with Crippen molar-refractivity contribution in [2.45, 2.75) is 18.9 Å². The maximum atomic E-state index is 12.7. The summed E-state index contributed by atoms with van der Waals surface area (Å²) in [4.78, 5) is 39.0. The first-order valence-electron chi connectivity index (χ1n) is 7.42. The fraction of sp³-hybridized carbons (Fsp3) is 0.438. The Hall–Kier alpha value is -2.57. The first-order valence-corrected chi connectivity index (χ1v) is 7.42. The normalized spacial score (nSPS) is 18.2. The summed E-state index contributed by atoms with van der Waals surface area (Å²) in [6, 6.07) is 4.91. The summed E-state index contributed by atoms with van der Waals surface area (Å²) in [7, 11) is 2.98. The molecule has 0 aromatic heterocycles. The van der Waals surface area contributed by atoms with E-state index in [9.17, 15) is 14.4 Å². The Labute approximate surface area is 133 Å². The van der Waals surface area contributed by atoms with E-state index in [1.54, 1.807) is 23.1 Å². The summed E-state index contributed by atoms with van der Waals surface area (Å²) < 4.78 is 10.5. The molecule has 0 N–H and O–H groups in total. The van der Waals surface area contributed by atoms with Crippen LogP contribution in [0.15, 0.2) is 18.2 Å². The minimum atomic E-state index is -0.227. The van der Waals surface area contributed by atoms with Crippen molar-refractivity contribution >= 4 is 17.7 Å². The van der Waals surface area contributed by atoms with Gasteiger partial charge in [0.1, 0.15) is 17.1 Å². The van der Waals surface area contributed by atoms with Crippen molar-refractivity contribution in [3.63, 3.8) is 0 Å². The quantitative estimate of drug-likeness (QED) is 0.763. The molecule has 2 aliphatic heterocycles. The van der Waals surface area contributed by atoms with Crippen molar-refractivity contribution in [3.8, 4) is 11.5 Å². The van der Waals surface area contributed by atoms with E-state index in [1.165, 1.54) is 19.1 Å². The van der Waals surface area contributed by atoms with Gasteiger partial charge < -0.3 is 14.4 Å². The lowest BCUT2D eigenvalue weighted by Crippen LogP contribution is -2.62. The number of benzene rings is 1. The van der Waals surface area contributed by atoms with Crippen LogP contribution in [-0.2, 0) is 9.59 Å². The molecule has 2 fully saturated rings. The van der Waals surface area contributed by atoms with Gasteiger partial charge in [-0.3, -0.25) is 19.3 Å². The van der Waals surface area contributed by atoms with E-state index in [2.05, 4.69) is 0 Å². The van der Waals surface area contributed by atoms with E-state index < -0.39 is 0 Å². The maximum absolute atomic E-state index is 12.7. The number of amides is 3. The number of imide groups is 1. The van der Waals surface area contributed by atoms with Crippen molar-refractivity contribution in [2.75, 3.05) is 27.3 Å². The van der Waals surface area contributed by atoms with Crippen LogP contribution in [0.3, 0.4) is 0 Å². The monoisotopic (exact) mass is 318 g/mol. The Morgan fingerprint density at radius 2 is 1.57 bits per heavy atom. The fourth-order valence-corrected chi connectivity index (χ4v) is 3.01. The van der Waals surface area contributed by atoms with Crippen LogP contribution in [0.5, 0.6) is 11.5 Å². The molecular weight excluding hydrogens is 300 g/mol. The molecule has 3 rings (SSSR count). The lowest BCUT2D eigenvalue weighted by Gasteiger charge is -2.43. The van der Waals surface area contributed by atoms with Crippen LogP contribution in [0.1, 0.15) is 23.2 Å². The molecule has 0 atom stereocenters. The first-order chi connectivity index (χ1) is 11.1. The number of likely N-dealkylation sites (tertiary alicyclic amines) is 2. The van der Waals surface area contributed by atoms with Crippen molar-refractivity contribution in [3.05, 3.63) is 23.8 Å². The van der Waals surface area contributed by atoms with E-state index in [0.29, 0.717) is 30.2 Å². The molecule has 0 radical (unpaired) electrons. The molecule has 2 aliphatic rings. The van der Waals surface area contributed by atoms with E-state index >= 15 is 0 Å². The first kappa shape index (κ1) is 15.3. The van der Waals surface area contributed by atoms with Crippen molar-refractivity contribution in [1.82, 2.24) is 9.80 Å². The minimum absolute atomic E-state index is 0.151. The average molecular weight is 318 g/mol. The van der Waals surface area contributed by atoms with E-state index in [4.69, 9.17) is 9.47 Å². The summed E-state index contributed by atoms with van der Waals surface area (Å²) in [6.45, 7) is 0.690. The molecule has 1 aromatic carbocycles. The maximum Gasteiger partial charge on any atom is 0.261 e. The summed E-state index contributed by atoms with van der Waals surface area (Å²) in [5, 5.41) is 0. The summed E-state index contributed by atoms with van der Waals surface area (Å²) in [6.07, 6.45) is 0.535. The Morgan fingerprint density at radius 1 is 1.04 bits per heavy atom. The molecule has 23 heavy (non-hydrogen) atoms. The highest BCUT2D eigenvalue weighted by molar-refractivity contribution is 6.03. The van der Waals surface area contributed by atoms with Crippen LogP contribution in [0.2, 0.25) is 0 Å². The molecule has 3 amide bonds. The van der Waals surface area contributed by atoms with Gasteiger partial charge in [0.2, 0.25) is 11.8 Å². The van der Waals surface area contributed by atoms with Crippen LogP contribution in [-0.4, -0.2) is 60.9 Å². The van der Waals surface area contributed by atoms with Crippen LogP contribution in [0, 0.1) is 0 Å². The van der Waals surface area contributed by atoms with Gasteiger partial charge in [-0.1, -0.05) is 6.07 Å². The van der Waals surface area contributed by atoms with E-state index in [0.717, 1.165) is 0 Å². The van der Waals surface area contributed by atoms with Gasteiger partial charge in [-0.25, -0.2) is 0 Å². The lowest BCUT2D eigenvalue weighted by atomic mass is 10.0. The second kappa shape index (κ2) is 5.91. The zero-order valence-electron chi connectivity index (χ0n) is 13.1. The van der Waals surface area contributed by atoms with E-state index in [1.807, 2.05) is 0 Å². The summed E-state index contributed by atoms with van der Waals surface area (Å²) >= 11 is 0. The molecule has 122 valence electrons. The predicted molar refractivity (Wildman–Crippen MR) is 80.3 cm³/mol. The Morgan fingerprint density at radius 3 is 2.04 bits per heavy atom. The topological polar surface area (TPSA) is 76.2 Å². The number of hydrogen-bond acceptors (Lipinski definition) is 5. The SMILES string of the molecule is COc1cccc(OC)c1C(=O)N1CC(N2C(=O)CCC2=O)C1. The van der Waals surface area contributed by atoms with Crippen LogP contribution < -0.4 is 9.47 Å². The molecule has 0 aliphatic carbocycles. The number of nitrogens with zero attached hydrogens (tertiary/aromatic N) is 2. The zero-order valence-corrected chi connectivity index (χ0v) is 13.1. The summed E-state index contributed by atoms with van der Waals surface area (Å²) in [5.41, 5.74) is 0.357. The van der Waals surface area contributed by atoms with E-state index in [-0.39, 0.29) is 36.6 Å². The van der Waals surface area contributed by atoms with Gasteiger partial charge in [0.25, 0.3) is 5.91 Å². The molecule has 0 bridgehead atoms. The van der Waals surface area contributed by atoms with Gasteiger partial charge in [-0.15, -0.1) is 0 Å². The van der Waals surface area contributed by atoms with Crippen LogP contribution >= 0.6 is 0 Å². The molecule has 2 heterocycles. The largest absolute Gasteiger partial charge is 0.496 e. The minimum Gasteiger partial charge on any atom is -0.496 e. The number of carbonyl (C=O) groups excluding carboxylic acids is 3. The number of carbonyl (C=O) groups is 3. The standard InChI is InChI=1S/C16H18N2O5/c1-22-11-4-3-5-12(23-2)15(11)16(21)17-8-10(9-17)18-13(19)6-7-14(18)20/h3-5,10H,6-9H2,1-2H3.